The van der Waals surface area contributed by atoms with Gasteiger partial charge < -0.3 is 15.2 Å². The number of aromatic hydroxyl groups is 1. The van der Waals surface area contributed by atoms with Crippen molar-refractivity contribution in [3.8, 4) is 11.5 Å². The summed E-state index contributed by atoms with van der Waals surface area (Å²) in [5.41, 5.74) is 5.02. The Bertz CT molecular complexity index is 787. The van der Waals surface area contributed by atoms with Crippen molar-refractivity contribution in [2.45, 2.75) is 6.92 Å². The topological polar surface area (TPSA) is 83.0 Å². The molecule has 0 aliphatic carbocycles. The lowest BCUT2D eigenvalue weighted by Gasteiger charge is -2.11. The number of hydrogen-bond acceptors (Lipinski definition) is 5. The fraction of sp³-hybridized carbons (Fsp3) is 0.176. The smallest absolute Gasteiger partial charge is 0.259 e. The van der Waals surface area contributed by atoms with Crippen LogP contribution in [0.5, 0.6) is 11.5 Å². The molecular formula is C17H17Br2N3O3. The van der Waals surface area contributed by atoms with Crippen molar-refractivity contribution in [1.29, 1.82) is 0 Å². The molecule has 0 aliphatic heterocycles. The fourth-order valence-electron chi connectivity index (χ4n) is 2.03. The molecule has 3 N–H and O–H groups in total. The highest BCUT2D eigenvalue weighted by Crippen LogP contribution is 2.32. The van der Waals surface area contributed by atoms with Crippen molar-refractivity contribution in [2.24, 2.45) is 5.10 Å². The van der Waals surface area contributed by atoms with Gasteiger partial charge in [0.05, 0.1) is 25.6 Å². The first kappa shape index (κ1) is 19.3. The zero-order chi connectivity index (χ0) is 18.4. The first-order valence-corrected chi connectivity index (χ1v) is 8.87. The summed E-state index contributed by atoms with van der Waals surface area (Å²) in [6, 6.07) is 8.69. The molecule has 0 bridgehead atoms. The number of amides is 1. The van der Waals surface area contributed by atoms with E-state index in [0.717, 1.165) is 20.2 Å². The van der Waals surface area contributed by atoms with Gasteiger partial charge in [-0.15, -0.1) is 0 Å². The van der Waals surface area contributed by atoms with E-state index in [0.29, 0.717) is 11.3 Å². The molecule has 8 heteroatoms. The zero-order valence-electron chi connectivity index (χ0n) is 13.6. The number of ether oxygens (including phenoxy) is 1. The maximum atomic E-state index is 11.9. The fourth-order valence-corrected chi connectivity index (χ4v) is 3.73. The third-order valence-electron chi connectivity index (χ3n) is 3.22. The molecule has 0 saturated carbocycles. The molecule has 0 unspecified atom stereocenters. The number of hydrazone groups is 1. The van der Waals surface area contributed by atoms with Crippen LogP contribution in [0.25, 0.3) is 0 Å². The number of carbonyl (C=O) groups is 1. The van der Waals surface area contributed by atoms with Gasteiger partial charge in [0.25, 0.3) is 5.91 Å². The van der Waals surface area contributed by atoms with Gasteiger partial charge in [0.15, 0.2) is 11.5 Å². The summed E-state index contributed by atoms with van der Waals surface area (Å²) in [7, 11) is 1.46. The van der Waals surface area contributed by atoms with E-state index in [2.05, 4.69) is 47.7 Å². The quantitative estimate of drug-likeness (QED) is 0.443. The van der Waals surface area contributed by atoms with Crippen molar-refractivity contribution in [2.75, 3.05) is 19.0 Å². The molecular weight excluding hydrogens is 454 g/mol. The highest BCUT2D eigenvalue weighted by molar-refractivity contribution is 9.11. The number of phenols is 1. The van der Waals surface area contributed by atoms with Crippen molar-refractivity contribution in [1.82, 2.24) is 5.43 Å². The molecule has 25 heavy (non-hydrogen) atoms. The number of nitrogens with zero attached hydrogens (tertiary/aromatic N) is 1. The van der Waals surface area contributed by atoms with Crippen LogP contribution in [0.1, 0.15) is 11.1 Å². The maximum Gasteiger partial charge on any atom is 0.259 e. The van der Waals surface area contributed by atoms with Gasteiger partial charge in [0.1, 0.15) is 0 Å². The summed E-state index contributed by atoms with van der Waals surface area (Å²) in [6.45, 7) is 2.05. The van der Waals surface area contributed by atoms with Gasteiger partial charge >= 0.3 is 0 Å². The molecule has 0 radical (unpaired) electrons. The molecule has 0 aliphatic rings. The summed E-state index contributed by atoms with van der Waals surface area (Å²) in [6.07, 6.45) is 1.47. The Morgan fingerprint density at radius 1 is 1.28 bits per heavy atom. The third kappa shape index (κ3) is 5.47. The van der Waals surface area contributed by atoms with Crippen molar-refractivity contribution in [3.05, 3.63) is 50.4 Å². The monoisotopic (exact) mass is 469 g/mol. The lowest BCUT2D eigenvalue weighted by Crippen LogP contribution is -2.26. The zero-order valence-corrected chi connectivity index (χ0v) is 16.8. The Kier molecular flexibility index (Phi) is 6.83. The number of benzene rings is 2. The highest BCUT2D eigenvalue weighted by atomic mass is 79.9. The molecule has 0 atom stereocenters. The van der Waals surface area contributed by atoms with Gasteiger partial charge in [-0.3, -0.25) is 4.79 Å². The van der Waals surface area contributed by atoms with E-state index in [4.69, 9.17) is 4.74 Å². The minimum Gasteiger partial charge on any atom is -0.504 e. The van der Waals surface area contributed by atoms with E-state index in [-0.39, 0.29) is 18.2 Å². The number of halogens is 2. The Balaban J connectivity index is 1.91. The number of rotatable bonds is 6. The lowest BCUT2D eigenvalue weighted by atomic mass is 10.2. The van der Waals surface area contributed by atoms with Crippen LogP contribution >= 0.6 is 31.9 Å². The summed E-state index contributed by atoms with van der Waals surface area (Å²) < 4.78 is 6.75. The van der Waals surface area contributed by atoms with Crippen LogP contribution in [0.15, 0.2) is 44.4 Å². The molecule has 0 aromatic heterocycles. The highest BCUT2D eigenvalue weighted by Gasteiger charge is 2.08. The molecule has 2 aromatic rings. The van der Waals surface area contributed by atoms with E-state index in [1.807, 2.05) is 19.1 Å². The van der Waals surface area contributed by atoms with Gasteiger partial charge in [-0.05, 0) is 80.2 Å². The van der Waals surface area contributed by atoms with Crippen molar-refractivity contribution < 1.29 is 14.6 Å². The Morgan fingerprint density at radius 2 is 1.96 bits per heavy atom. The third-order valence-corrected chi connectivity index (χ3v) is 4.47. The van der Waals surface area contributed by atoms with Crippen LogP contribution in [0, 0.1) is 6.92 Å². The molecule has 0 fully saturated rings. The van der Waals surface area contributed by atoms with Crippen LogP contribution in [-0.4, -0.2) is 30.9 Å². The normalized spacial score (nSPS) is 10.7. The van der Waals surface area contributed by atoms with Gasteiger partial charge in [-0.2, -0.15) is 5.10 Å². The van der Waals surface area contributed by atoms with Gasteiger partial charge in [0.2, 0.25) is 0 Å². The second-order valence-electron chi connectivity index (χ2n) is 5.18. The first-order valence-electron chi connectivity index (χ1n) is 7.29. The second-order valence-corrected chi connectivity index (χ2v) is 6.89. The largest absolute Gasteiger partial charge is 0.504 e. The number of anilines is 1. The number of methoxy groups -OCH3 is 1. The Labute approximate surface area is 162 Å². The summed E-state index contributed by atoms with van der Waals surface area (Å²) in [5, 5.41) is 16.5. The molecule has 0 spiro atoms. The van der Waals surface area contributed by atoms with E-state index in [1.165, 1.54) is 19.4 Å². The van der Waals surface area contributed by atoms with Crippen molar-refractivity contribution in [3.63, 3.8) is 0 Å². The van der Waals surface area contributed by atoms with Gasteiger partial charge in [0, 0.05) is 8.95 Å². The Hall–Kier alpha value is -2.06. The van der Waals surface area contributed by atoms with Crippen LogP contribution < -0.4 is 15.5 Å². The van der Waals surface area contributed by atoms with Crippen LogP contribution in [0.4, 0.5) is 5.69 Å². The molecule has 2 aromatic carbocycles. The van der Waals surface area contributed by atoms with Crippen molar-refractivity contribution >= 4 is 49.7 Å². The van der Waals surface area contributed by atoms with Crippen LogP contribution in [0.3, 0.4) is 0 Å². The summed E-state index contributed by atoms with van der Waals surface area (Å²) in [4.78, 5) is 11.9. The number of nitrogens with one attached hydrogen (secondary N) is 2. The van der Waals surface area contributed by atoms with Gasteiger partial charge in [-0.25, -0.2) is 5.43 Å². The van der Waals surface area contributed by atoms with E-state index in [9.17, 15) is 9.90 Å². The molecule has 0 saturated heterocycles. The maximum absolute atomic E-state index is 11.9. The first-order chi connectivity index (χ1) is 11.9. The molecule has 6 nitrogen and oxygen atoms in total. The van der Waals surface area contributed by atoms with E-state index < -0.39 is 0 Å². The summed E-state index contributed by atoms with van der Waals surface area (Å²) >= 11 is 6.93. The number of carbonyl (C=O) groups excluding carboxylic acids is 1. The molecule has 2 rings (SSSR count). The average Bonchev–Trinajstić information content (AvgIpc) is 2.55. The SMILES string of the molecule is COc1cc(/C=N/NC(=O)CNc2c(Br)cc(C)cc2Br)ccc1O. The van der Waals surface area contributed by atoms with Crippen LogP contribution in [-0.2, 0) is 4.79 Å². The predicted molar refractivity (Wildman–Crippen MR) is 105 cm³/mol. The predicted octanol–water partition coefficient (Wildman–Crippen LogP) is 3.80. The number of aryl methyl sites for hydroxylation is 1. The number of phenolic OH excluding ortho intramolecular Hbond substituents is 1. The second kappa shape index (κ2) is 8.87. The molecule has 132 valence electrons. The van der Waals surface area contributed by atoms with E-state index in [1.54, 1.807) is 12.1 Å². The lowest BCUT2D eigenvalue weighted by molar-refractivity contribution is -0.119. The minimum absolute atomic E-state index is 0.0436. The average molecular weight is 471 g/mol. The van der Waals surface area contributed by atoms with Gasteiger partial charge in [-0.1, -0.05) is 0 Å². The minimum atomic E-state index is -0.290. The molecule has 1 amide bonds. The van der Waals surface area contributed by atoms with Crippen LogP contribution in [0.2, 0.25) is 0 Å². The Morgan fingerprint density at radius 3 is 2.60 bits per heavy atom. The molecule has 0 heterocycles. The summed E-state index contributed by atoms with van der Waals surface area (Å²) in [5.74, 6) is 0.0921. The number of hydrogen-bond donors (Lipinski definition) is 3. The standard InChI is InChI=1S/C17H17Br2N3O3/c1-10-5-12(18)17(13(19)6-10)20-9-16(24)22-21-8-11-3-4-14(23)15(7-11)25-2/h3-8,20,23H,9H2,1-2H3,(H,22,24)/b21-8+. The van der Waals surface area contributed by atoms with E-state index >= 15 is 0 Å².